The van der Waals surface area contributed by atoms with Gasteiger partial charge in [-0.25, -0.2) is 4.98 Å². The Hall–Kier alpha value is -3.02. The molecular formula is C23H29N3O3. The Bertz CT molecular complexity index is 934. The van der Waals surface area contributed by atoms with Crippen molar-refractivity contribution in [3.05, 3.63) is 53.9 Å². The summed E-state index contributed by atoms with van der Waals surface area (Å²) < 4.78 is 10.8. The van der Waals surface area contributed by atoms with Gasteiger partial charge in [-0.05, 0) is 36.1 Å². The fraction of sp³-hybridized carbons (Fsp3) is 0.391. The second-order valence-electron chi connectivity index (χ2n) is 7.22. The molecule has 154 valence electrons. The maximum Gasteiger partial charge on any atom is 0.220 e. The number of hydrogen-bond donors (Lipinski definition) is 2. The maximum atomic E-state index is 12.8. The van der Waals surface area contributed by atoms with Gasteiger partial charge in [-0.3, -0.25) is 4.79 Å². The monoisotopic (exact) mass is 395 g/mol. The summed E-state index contributed by atoms with van der Waals surface area (Å²) in [6, 6.07) is 13.5. The molecule has 29 heavy (non-hydrogen) atoms. The number of carbonyl (C=O) groups excluding carboxylic acids is 1. The molecule has 0 aliphatic carbocycles. The van der Waals surface area contributed by atoms with Crippen LogP contribution < -0.4 is 14.8 Å². The van der Waals surface area contributed by atoms with Gasteiger partial charge in [0.1, 0.15) is 5.82 Å². The molecule has 0 fully saturated rings. The van der Waals surface area contributed by atoms with Crippen molar-refractivity contribution in [2.24, 2.45) is 5.92 Å². The molecule has 2 unspecified atom stereocenters. The van der Waals surface area contributed by atoms with E-state index in [2.05, 4.69) is 24.1 Å². The van der Waals surface area contributed by atoms with Crippen LogP contribution in [0.25, 0.3) is 11.0 Å². The fourth-order valence-electron chi connectivity index (χ4n) is 3.48. The Morgan fingerprint density at radius 2 is 1.93 bits per heavy atom. The number of amides is 1. The van der Waals surface area contributed by atoms with Crippen molar-refractivity contribution in [2.45, 2.75) is 39.2 Å². The molecule has 0 aliphatic heterocycles. The van der Waals surface area contributed by atoms with Crippen LogP contribution in [0.3, 0.4) is 0 Å². The van der Waals surface area contributed by atoms with Gasteiger partial charge in [0.05, 0.1) is 31.3 Å². The number of rotatable bonds is 9. The standard InChI is InChI=1S/C23H29N3O3/c1-5-15(2)21(23-24-17-10-6-7-11-18(17)25-23)26-20(27)14-13-16-9-8-12-19(28-3)22(16)29-4/h6-12,15,21H,5,13-14H2,1-4H3,(H,24,25)(H,26,27). The number of aromatic nitrogens is 2. The summed E-state index contributed by atoms with van der Waals surface area (Å²) in [5, 5.41) is 3.18. The molecule has 2 N–H and O–H groups in total. The lowest BCUT2D eigenvalue weighted by Crippen LogP contribution is -2.33. The van der Waals surface area contributed by atoms with Gasteiger partial charge in [-0.15, -0.1) is 0 Å². The van der Waals surface area contributed by atoms with Crippen LogP contribution >= 0.6 is 0 Å². The van der Waals surface area contributed by atoms with Crippen LogP contribution in [0.2, 0.25) is 0 Å². The molecule has 1 aromatic heterocycles. The van der Waals surface area contributed by atoms with Crippen molar-refractivity contribution in [1.29, 1.82) is 0 Å². The predicted octanol–water partition coefficient (Wildman–Crippen LogP) is 4.42. The summed E-state index contributed by atoms with van der Waals surface area (Å²) in [4.78, 5) is 20.8. The summed E-state index contributed by atoms with van der Waals surface area (Å²) in [5.41, 5.74) is 2.84. The normalized spacial score (nSPS) is 13.1. The first-order valence-corrected chi connectivity index (χ1v) is 10.0. The summed E-state index contributed by atoms with van der Waals surface area (Å²) in [7, 11) is 3.22. The lowest BCUT2D eigenvalue weighted by molar-refractivity contribution is -0.122. The smallest absolute Gasteiger partial charge is 0.220 e. The van der Waals surface area contributed by atoms with Gasteiger partial charge < -0.3 is 19.8 Å². The molecule has 0 saturated carbocycles. The van der Waals surface area contributed by atoms with Gasteiger partial charge in [0.25, 0.3) is 0 Å². The van der Waals surface area contributed by atoms with Crippen molar-refractivity contribution < 1.29 is 14.3 Å². The van der Waals surface area contributed by atoms with Gasteiger partial charge in [-0.1, -0.05) is 44.5 Å². The fourth-order valence-corrected chi connectivity index (χ4v) is 3.48. The van der Waals surface area contributed by atoms with Crippen molar-refractivity contribution in [2.75, 3.05) is 14.2 Å². The third kappa shape index (κ3) is 4.70. The number of carbonyl (C=O) groups is 1. The number of aromatic amines is 1. The lowest BCUT2D eigenvalue weighted by Gasteiger charge is -2.22. The van der Waals surface area contributed by atoms with E-state index in [1.807, 2.05) is 42.5 Å². The molecule has 0 saturated heterocycles. The molecule has 0 aliphatic rings. The maximum absolute atomic E-state index is 12.8. The molecule has 3 aromatic rings. The quantitative estimate of drug-likeness (QED) is 0.562. The van der Waals surface area contributed by atoms with Crippen LogP contribution in [0.4, 0.5) is 0 Å². The second-order valence-corrected chi connectivity index (χ2v) is 7.22. The largest absolute Gasteiger partial charge is 0.493 e. The van der Waals surface area contributed by atoms with E-state index in [1.165, 1.54) is 0 Å². The molecule has 2 atom stereocenters. The van der Waals surface area contributed by atoms with Gasteiger partial charge in [0.15, 0.2) is 11.5 Å². The summed E-state index contributed by atoms with van der Waals surface area (Å²) in [6.07, 6.45) is 1.86. The molecule has 1 amide bonds. The number of para-hydroxylation sites is 3. The van der Waals surface area contributed by atoms with E-state index in [0.29, 0.717) is 24.3 Å². The van der Waals surface area contributed by atoms with E-state index in [1.54, 1.807) is 14.2 Å². The molecule has 6 nitrogen and oxygen atoms in total. The van der Waals surface area contributed by atoms with Crippen molar-refractivity contribution in [1.82, 2.24) is 15.3 Å². The number of fused-ring (bicyclic) bond motifs is 1. The number of nitrogens with one attached hydrogen (secondary N) is 2. The third-order valence-electron chi connectivity index (χ3n) is 5.34. The van der Waals surface area contributed by atoms with Crippen LogP contribution in [-0.2, 0) is 11.2 Å². The van der Waals surface area contributed by atoms with E-state index in [4.69, 9.17) is 14.5 Å². The number of benzene rings is 2. The molecule has 1 heterocycles. The van der Waals surface area contributed by atoms with Gasteiger partial charge in [0.2, 0.25) is 5.91 Å². The number of nitrogens with zero attached hydrogens (tertiary/aromatic N) is 1. The molecule has 0 bridgehead atoms. The Morgan fingerprint density at radius 1 is 1.14 bits per heavy atom. The highest BCUT2D eigenvalue weighted by Gasteiger charge is 2.23. The number of imidazole rings is 1. The van der Waals surface area contributed by atoms with E-state index in [9.17, 15) is 4.79 Å². The highest BCUT2D eigenvalue weighted by Crippen LogP contribution is 2.31. The van der Waals surface area contributed by atoms with E-state index < -0.39 is 0 Å². The Morgan fingerprint density at radius 3 is 2.62 bits per heavy atom. The predicted molar refractivity (Wildman–Crippen MR) is 114 cm³/mol. The second kappa shape index (κ2) is 9.45. The summed E-state index contributed by atoms with van der Waals surface area (Å²) in [5.74, 6) is 2.39. The lowest BCUT2D eigenvalue weighted by atomic mass is 9.98. The molecular weight excluding hydrogens is 366 g/mol. The first kappa shape index (κ1) is 20.7. The zero-order chi connectivity index (χ0) is 20.8. The number of aryl methyl sites for hydroxylation is 1. The molecule has 0 radical (unpaired) electrons. The minimum Gasteiger partial charge on any atom is -0.493 e. The van der Waals surface area contributed by atoms with Crippen LogP contribution in [0.15, 0.2) is 42.5 Å². The highest BCUT2D eigenvalue weighted by molar-refractivity contribution is 5.78. The summed E-state index contributed by atoms with van der Waals surface area (Å²) >= 11 is 0. The van der Waals surface area contributed by atoms with Gasteiger partial charge >= 0.3 is 0 Å². The zero-order valence-electron chi connectivity index (χ0n) is 17.5. The molecule has 2 aromatic carbocycles. The molecule has 6 heteroatoms. The minimum absolute atomic E-state index is 0.0133. The van der Waals surface area contributed by atoms with Crippen molar-refractivity contribution in [3.63, 3.8) is 0 Å². The number of hydrogen-bond acceptors (Lipinski definition) is 4. The van der Waals surface area contributed by atoms with Crippen LogP contribution in [0.1, 0.15) is 44.1 Å². The molecule has 0 spiro atoms. The number of methoxy groups -OCH3 is 2. The Balaban J connectivity index is 1.73. The highest BCUT2D eigenvalue weighted by atomic mass is 16.5. The van der Waals surface area contributed by atoms with E-state index in [0.717, 1.165) is 28.8 Å². The van der Waals surface area contributed by atoms with E-state index >= 15 is 0 Å². The number of ether oxygens (including phenoxy) is 2. The summed E-state index contributed by atoms with van der Waals surface area (Å²) in [6.45, 7) is 4.25. The van der Waals surface area contributed by atoms with Crippen molar-refractivity contribution >= 4 is 16.9 Å². The van der Waals surface area contributed by atoms with Gasteiger partial charge in [-0.2, -0.15) is 0 Å². The average molecular weight is 396 g/mol. The van der Waals surface area contributed by atoms with Crippen LogP contribution in [0, 0.1) is 5.92 Å². The van der Waals surface area contributed by atoms with Crippen LogP contribution in [0.5, 0.6) is 11.5 Å². The topological polar surface area (TPSA) is 76.2 Å². The first-order valence-electron chi connectivity index (χ1n) is 10.0. The van der Waals surface area contributed by atoms with E-state index in [-0.39, 0.29) is 17.9 Å². The van der Waals surface area contributed by atoms with Crippen molar-refractivity contribution in [3.8, 4) is 11.5 Å². The number of H-pyrrole nitrogens is 1. The minimum atomic E-state index is -0.160. The third-order valence-corrected chi connectivity index (χ3v) is 5.34. The Kier molecular flexibility index (Phi) is 6.75. The first-order chi connectivity index (χ1) is 14.1. The average Bonchev–Trinajstić information content (AvgIpc) is 3.18. The van der Waals surface area contributed by atoms with Crippen LogP contribution in [-0.4, -0.2) is 30.1 Å². The SMILES string of the molecule is CCC(C)C(NC(=O)CCc1cccc(OC)c1OC)c1nc2ccccc2[nH]1. The van der Waals surface area contributed by atoms with Gasteiger partial charge in [0, 0.05) is 6.42 Å². The zero-order valence-corrected chi connectivity index (χ0v) is 17.5. The molecule has 3 rings (SSSR count). The Labute approximate surface area is 171 Å².